The number of rotatable bonds is 2. The van der Waals surface area contributed by atoms with Gasteiger partial charge in [-0.1, -0.05) is 49.6 Å². The van der Waals surface area contributed by atoms with Gasteiger partial charge in [0.2, 0.25) is 0 Å². The summed E-state index contributed by atoms with van der Waals surface area (Å²) in [5.74, 6) is -0.786. The number of hydrogen-bond donors (Lipinski definition) is 1. The van der Waals surface area contributed by atoms with Gasteiger partial charge in [0, 0.05) is 0 Å². The average Bonchev–Trinajstić information content (AvgIpc) is 2.90. The van der Waals surface area contributed by atoms with Crippen LogP contribution in [0, 0.1) is 0 Å². The lowest BCUT2D eigenvalue weighted by Gasteiger charge is -1.92. The fraction of sp³-hybridized carbons (Fsp3) is 0.364. The summed E-state index contributed by atoms with van der Waals surface area (Å²) in [7, 11) is 0. The second-order valence-corrected chi connectivity index (χ2v) is 3.12. The molecule has 0 aliphatic heterocycles. The first kappa shape index (κ1) is 9.78. The third-order valence-electron chi connectivity index (χ3n) is 1.55. The van der Waals surface area contributed by atoms with Crippen molar-refractivity contribution in [2.75, 3.05) is 0 Å². The molecule has 2 rings (SSSR count). The number of aliphatic carboxylic acids is 1. The van der Waals surface area contributed by atoms with Crippen molar-refractivity contribution in [3.05, 3.63) is 35.9 Å². The molecule has 2 nitrogen and oxygen atoms in total. The van der Waals surface area contributed by atoms with E-state index in [1.165, 1.54) is 19.3 Å². The lowest BCUT2D eigenvalue weighted by atomic mass is 10.2. The highest BCUT2D eigenvalue weighted by Crippen LogP contribution is 2.14. The first-order chi connectivity index (χ1) is 6.29. The predicted molar refractivity (Wildman–Crippen MR) is 51.6 cm³/mol. The smallest absolute Gasteiger partial charge is 0.307 e. The van der Waals surface area contributed by atoms with Crippen molar-refractivity contribution < 1.29 is 9.90 Å². The molecule has 0 aromatic heterocycles. The lowest BCUT2D eigenvalue weighted by molar-refractivity contribution is -0.136. The zero-order valence-electron chi connectivity index (χ0n) is 7.57. The average molecular weight is 178 g/mol. The Hall–Kier alpha value is -1.31. The zero-order chi connectivity index (χ0) is 9.52. The fourth-order valence-electron chi connectivity index (χ4n) is 0.770. The Morgan fingerprint density at radius 1 is 1.15 bits per heavy atom. The van der Waals surface area contributed by atoms with E-state index in [4.69, 9.17) is 5.11 Å². The molecule has 1 aromatic rings. The maximum atomic E-state index is 10.2. The van der Waals surface area contributed by atoms with Gasteiger partial charge in [-0.05, 0) is 5.56 Å². The minimum atomic E-state index is -0.786. The van der Waals surface area contributed by atoms with Gasteiger partial charge < -0.3 is 5.11 Å². The fourth-order valence-corrected chi connectivity index (χ4v) is 0.770. The summed E-state index contributed by atoms with van der Waals surface area (Å²) >= 11 is 0. The number of carboxylic acid groups (broad SMARTS) is 1. The SMILES string of the molecule is C1CC1.O=C(O)Cc1ccccc1. The Kier molecular flexibility index (Phi) is 4.03. The molecule has 0 heterocycles. The van der Waals surface area contributed by atoms with E-state index >= 15 is 0 Å². The quantitative estimate of drug-likeness (QED) is 0.755. The van der Waals surface area contributed by atoms with Crippen LogP contribution in [0.5, 0.6) is 0 Å². The molecule has 0 saturated heterocycles. The summed E-state index contributed by atoms with van der Waals surface area (Å²) in [5, 5.41) is 8.37. The molecule has 1 aromatic carbocycles. The van der Waals surface area contributed by atoms with Crippen LogP contribution in [0.3, 0.4) is 0 Å². The lowest BCUT2D eigenvalue weighted by Crippen LogP contribution is -1.98. The van der Waals surface area contributed by atoms with Crippen molar-refractivity contribution in [2.24, 2.45) is 0 Å². The van der Waals surface area contributed by atoms with Crippen molar-refractivity contribution in [1.82, 2.24) is 0 Å². The largest absolute Gasteiger partial charge is 0.481 e. The maximum Gasteiger partial charge on any atom is 0.307 e. The van der Waals surface area contributed by atoms with Crippen LogP contribution in [0.2, 0.25) is 0 Å². The number of benzene rings is 1. The molecule has 0 atom stereocenters. The molecular weight excluding hydrogens is 164 g/mol. The van der Waals surface area contributed by atoms with Crippen LogP contribution in [-0.2, 0) is 11.2 Å². The van der Waals surface area contributed by atoms with Gasteiger partial charge in [0.25, 0.3) is 0 Å². The third-order valence-corrected chi connectivity index (χ3v) is 1.55. The van der Waals surface area contributed by atoms with E-state index in [1.807, 2.05) is 18.2 Å². The Morgan fingerprint density at radius 3 is 2.08 bits per heavy atom. The zero-order valence-corrected chi connectivity index (χ0v) is 7.57. The second-order valence-electron chi connectivity index (χ2n) is 3.12. The summed E-state index contributed by atoms with van der Waals surface area (Å²) in [6, 6.07) is 9.13. The maximum absolute atomic E-state index is 10.2. The van der Waals surface area contributed by atoms with Crippen LogP contribution >= 0.6 is 0 Å². The van der Waals surface area contributed by atoms with Gasteiger partial charge in [0.15, 0.2) is 0 Å². The van der Waals surface area contributed by atoms with Crippen LogP contribution < -0.4 is 0 Å². The first-order valence-electron chi connectivity index (χ1n) is 4.55. The standard InChI is InChI=1S/C8H8O2.C3H6/c9-8(10)6-7-4-2-1-3-5-7;1-2-3-1/h1-5H,6H2,(H,9,10);1-3H2. The number of carbonyl (C=O) groups is 1. The molecule has 1 aliphatic rings. The van der Waals surface area contributed by atoms with Crippen LogP contribution in [0.15, 0.2) is 30.3 Å². The van der Waals surface area contributed by atoms with Crippen LogP contribution in [0.1, 0.15) is 24.8 Å². The summed E-state index contributed by atoms with van der Waals surface area (Å²) in [6.45, 7) is 0. The molecule has 0 amide bonds. The van der Waals surface area contributed by atoms with E-state index in [2.05, 4.69) is 0 Å². The molecule has 0 bridgehead atoms. The van der Waals surface area contributed by atoms with Crippen molar-refractivity contribution >= 4 is 5.97 Å². The van der Waals surface area contributed by atoms with Gasteiger partial charge in [0.05, 0.1) is 6.42 Å². The highest BCUT2D eigenvalue weighted by atomic mass is 16.4. The van der Waals surface area contributed by atoms with Crippen molar-refractivity contribution in [3.8, 4) is 0 Å². The summed E-state index contributed by atoms with van der Waals surface area (Å²) in [6.07, 6.45) is 4.61. The van der Waals surface area contributed by atoms with E-state index < -0.39 is 5.97 Å². The molecule has 1 aliphatic carbocycles. The topological polar surface area (TPSA) is 37.3 Å². The molecule has 1 N–H and O–H groups in total. The van der Waals surface area contributed by atoms with Crippen LogP contribution in [0.25, 0.3) is 0 Å². The Bertz CT molecular complexity index is 249. The molecule has 1 saturated carbocycles. The van der Waals surface area contributed by atoms with Gasteiger partial charge in [0.1, 0.15) is 0 Å². The molecule has 13 heavy (non-hydrogen) atoms. The molecule has 0 spiro atoms. The monoisotopic (exact) mass is 178 g/mol. The Morgan fingerprint density at radius 2 is 1.69 bits per heavy atom. The molecule has 0 unspecified atom stereocenters. The molecule has 1 fully saturated rings. The number of carboxylic acids is 1. The third kappa shape index (κ3) is 5.91. The molecule has 70 valence electrons. The van der Waals surface area contributed by atoms with E-state index in [-0.39, 0.29) is 6.42 Å². The Balaban J connectivity index is 0.000000236. The van der Waals surface area contributed by atoms with E-state index in [9.17, 15) is 4.79 Å². The van der Waals surface area contributed by atoms with Gasteiger partial charge in [-0.25, -0.2) is 0 Å². The van der Waals surface area contributed by atoms with Crippen molar-refractivity contribution in [3.63, 3.8) is 0 Å². The van der Waals surface area contributed by atoms with E-state index in [0.29, 0.717) is 0 Å². The Labute approximate surface area is 78.2 Å². The van der Waals surface area contributed by atoms with Gasteiger partial charge in [-0.15, -0.1) is 0 Å². The molecule has 2 heteroatoms. The van der Waals surface area contributed by atoms with Gasteiger partial charge >= 0.3 is 5.97 Å². The molecular formula is C11H14O2. The molecule has 0 radical (unpaired) electrons. The van der Waals surface area contributed by atoms with E-state index in [0.717, 1.165) is 5.56 Å². The number of hydrogen-bond acceptors (Lipinski definition) is 1. The summed E-state index contributed by atoms with van der Waals surface area (Å²) in [5.41, 5.74) is 0.843. The van der Waals surface area contributed by atoms with Gasteiger partial charge in [-0.3, -0.25) is 4.79 Å². The summed E-state index contributed by atoms with van der Waals surface area (Å²) in [4.78, 5) is 10.2. The van der Waals surface area contributed by atoms with Crippen LogP contribution in [0.4, 0.5) is 0 Å². The first-order valence-corrected chi connectivity index (χ1v) is 4.55. The second kappa shape index (κ2) is 5.36. The summed E-state index contributed by atoms with van der Waals surface area (Å²) < 4.78 is 0. The minimum Gasteiger partial charge on any atom is -0.481 e. The minimum absolute atomic E-state index is 0.112. The highest BCUT2D eigenvalue weighted by molar-refractivity contribution is 5.70. The van der Waals surface area contributed by atoms with Crippen molar-refractivity contribution in [1.29, 1.82) is 0 Å². The predicted octanol–water partition coefficient (Wildman–Crippen LogP) is 2.48. The van der Waals surface area contributed by atoms with Crippen LogP contribution in [-0.4, -0.2) is 11.1 Å². The normalized spacial score (nSPS) is 12.6. The van der Waals surface area contributed by atoms with Gasteiger partial charge in [-0.2, -0.15) is 0 Å². The highest BCUT2D eigenvalue weighted by Gasteiger charge is 1.96. The van der Waals surface area contributed by atoms with E-state index in [1.54, 1.807) is 12.1 Å². The van der Waals surface area contributed by atoms with Crippen molar-refractivity contribution in [2.45, 2.75) is 25.7 Å².